The highest BCUT2D eigenvalue weighted by Crippen LogP contribution is 2.65. The molecule has 3 aromatic carbocycles. The van der Waals surface area contributed by atoms with Crippen molar-refractivity contribution < 1.29 is 34.2 Å². The van der Waals surface area contributed by atoms with Crippen LogP contribution in [0.1, 0.15) is 41.9 Å². The number of carboxylic acid groups (broad SMARTS) is 1. The summed E-state index contributed by atoms with van der Waals surface area (Å²) in [6.45, 7) is 1.68. The van der Waals surface area contributed by atoms with Crippen molar-refractivity contribution in [3.63, 3.8) is 0 Å². The number of aromatic hydroxyl groups is 1. The summed E-state index contributed by atoms with van der Waals surface area (Å²) in [5.74, 6) is -7.31. The molecule has 11 heteroatoms. The minimum Gasteiger partial charge on any atom is -0.508 e. The summed E-state index contributed by atoms with van der Waals surface area (Å²) in [6.07, 6.45) is 1.76. The van der Waals surface area contributed by atoms with Crippen LogP contribution >= 0.6 is 11.6 Å². The van der Waals surface area contributed by atoms with E-state index in [9.17, 15) is 29.4 Å². The van der Waals surface area contributed by atoms with Crippen molar-refractivity contribution in [1.29, 1.82) is 0 Å². The molecule has 3 aromatic rings. The van der Waals surface area contributed by atoms with Crippen LogP contribution < -0.4 is 5.43 Å². The number of carbonyl (C=O) groups excluding carboxylic acids is 4. The van der Waals surface area contributed by atoms with E-state index in [0.717, 1.165) is 15.5 Å². The van der Waals surface area contributed by atoms with E-state index < -0.39 is 64.6 Å². The number of rotatable bonds is 7. The number of fused-ring (bicyclic) bond motifs is 4. The van der Waals surface area contributed by atoms with Crippen LogP contribution in [0.2, 0.25) is 5.02 Å². The van der Waals surface area contributed by atoms with Gasteiger partial charge in [0, 0.05) is 23.0 Å². The molecule has 0 spiro atoms. The van der Waals surface area contributed by atoms with Gasteiger partial charge in [0.05, 0.1) is 35.3 Å². The molecule has 7 rings (SSSR count). The summed E-state index contributed by atoms with van der Waals surface area (Å²) in [4.78, 5) is 69.4. The number of halogens is 1. The van der Waals surface area contributed by atoms with Crippen molar-refractivity contribution in [1.82, 2.24) is 9.91 Å². The molecule has 4 aliphatic rings. The number of phenolic OH excluding ortho intramolecular Hbond substituents is 1. The Hall–Kier alpha value is -4.96. The Kier molecular flexibility index (Phi) is 7.43. The number of anilines is 1. The van der Waals surface area contributed by atoms with E-state index in [2.05, 4.69) is 5.43 Å². The monoisotopic (exact) mass is 653 g/mol. The van der Waals surface area contributed by atoms with Crippen molar-refractivity contribution in [3.05, 3.63) is 106 Å². The SMILES string of the molecule is Cc1ccc(NN2C(=O)[C@@H]3C[C@@H]4C(=CC[C@@H]5C(=O)N(CCC(=O)O)C(=O)[C@@H]54)[C@H](c4cc(Cl)ccc4O)[C@]3(c3ccccc3)C2=O)cc1. The van der Waals surface area contributed by atoms with Crippen LogP contribution in [0.25, 0.3) is 0 Å². The van der Waals surface area contributed by atoms with Crippen molar-refractivity contribution in [2.75, 3.05) is 12.0 Å². The van der Waals surface area contributed by atoms with Gasteiger partial charge in [0.25, 0.3) is 11.8 Å². The van der Waals surface area contributed by atoms with Crippen LogP contribution in [-0.2, 0) is 29.4 Å². The van der Waals surface area contributed by atoms with E-state index in [4.69, 9.17) is 11.6 Å². The molecule has 4 amide bonds. The summed E-state index contributed by atoms with van der Waals surface area (Å²) >= 11 is 6.51. The molecule has 0 bridgehead atoms. The zero-order valence-electron chi connectivity index (χ0n) is 25.4. The van der Waals surface area contributed by atoms with Gasteiger partial charge in [-0.25, -0.2) is 0 Å². The highest BCUT2D eigenvalue weighted by Gasteiger charge is 2.70. The molecule has 3 fully saturated rings. The van der Waals surface area contributed by atoms with E-state index in [1.807, 2.05) is 31.2 Å². The first-order valence-corrected chi connectivity index (χ1v) is 15.9. The van der Waals surface area contributed by atoms with Gasteiger partial charge in [0.2, 0.25) is 11.8 Å². The fourth-order valence-corrected chi connectivity index (χ4v) is 8.52. The lowest BCUT2D eigenvalue weighted by Gasteiger charge is -2.50. The van der Waals surface area contributed by atoms with Crippen LogP contribution in [0.3, 0.4) is 0 Å². The Bertz CT molecular complexity index is 1860. The molecule has 2 heterocycles. The van der Waals surface area contributed by atoms with Gasteiger partial charge < -0.3 is 10.2 Å². The summed E-state index contributed by atoms with van der Waals surface area (Å²) in [5.41, 5.74) is 4.60. The Labute approximate surface area is 275 Å². The molecule has 0 radical (unpaired) electrons. The molecule has 0 unspecified atom stereocenters. The third-order valence-corrected chi connectivity index (χ3v) is 10.6. The number of imide groups is 2. The van der Waals surface area contributed by atoms with Gasteiger partial charge in [-0.1, -0.05) is 71.3 Å². The molecule has 0 aromatic heterocycles. The van der Waals surface area contributed by atoms with Gasteiger partial charge in [-0.15, -0.1) is 0 Å². The van der Waals surface area contributed by atoms with Gasteiger partial charge in [-0.2, -0.15) is 5.01 Å². The average Bonchev–Trinajstić information content (AvgIpc) is 3.43. The number of allylic oxidation sites excluding steroid dienone is 2. The van der Waals surface area contributed by atoms with E-state index in [0.29, 0.717) is 27.4 Å². The average molecular weight is 654 g/mol. The number of hydrazine groups is 1. The summed E-state index contributed by atoms with van der Waals surface area (Å²) in [5, 5.41) is 22.0. The number of amides is 4. The normalized spacial score (nSPS) is 28.1. The van der Waals surface area contributed by atoms with E-state index in [1.165, 1.54) is 12.1 Å². The summed E-state index contributed by atoms with van der Waals surface area (Å²) in [6, 6.07) is 20.8. The molecule has 2 aliphatic heterocycles. The molecule has 2 saturated heterocycles. The highest BCUT2D eigenvalue weighted by atomic mass is 35.5. The first-order chi connectivity index (χ1) is 22.5. The number of hydrogen-bond donors (Lipinski definition) is 3. The number of likely N-dealkylation sites (tertiary alicyclic amines) is 1. The zero-order valence-corrected chi connectivity index (χ0v) is 26.2. The second-order valence-electron chi connectivity index (χ2n) is 12.8. The van der Waals surface area contributed by atoms with Gasteiger partial charge in [0.1, 0.15) is 5.75 Å². The summed E-state index contributed by atoms with van der Waals surface area (Å²) in [7, 11) is 0. The first kappa shape index (κ1) is 30.7. The quantitative estimate of drug-likeness (QED) is 0.243. The lowest BCUT2D eigenvalue weighted by Crippen LogP contribution is -2.53. The lowest BCUT2D eigenvalue weighted by atomic mass is 9.49. The van der Waals surface area contributed by atoms with Crippen molar-refractivity contribution in [2.24, 2.45) is 23.7 Å². The van der Waals surface area contributed by atoms with Gasteiger partial charge in [-0.3, -0.25) is 34.3 Å². The van der Waals surface area contributed by atoms with Gasteiger partial charge in [-0.05, 0) is 61.6 Å². The van der Waals surface area contributed by atoms with Crippen molar-refractivity contribution in [2.45, 2.75) is 37.5 Å². The Morgan fingerprint density at radius 2 is 1.68 bits per heavy atom. The minimum absolute atomic E-state index is 0.0855. The Morgan fingerprint density at radius 1 is 0.957 bits per heavy atom. The fraction of sp³-hybridized carbons (Fsp3) is 0.306. The van der Waals surface area contributed by atoms with Crippen molar-refractivity contribution in [3.8, 4) is 5.75 Å². The largest absolute Gasteiger partial charge is 0.508 e. The van der Waals surface area contributed by atoms with Gasteiger partial charge >= 0.3 is 5.97 Å². The van der Waals surface area contributed by atoms with Gasteiger partial charge in [0.15, 0.2) is 0 Å². The molecular weight excluding hydrogens is 622 g/mol. The molecule has 240 valence electrons. The maximum Gasteiger partial charge on any atom is 0.305 e. The third-order valence-electron chi connectivity index (χ3n) is 10.3. The van der Waals surface area contributed by atoms with Crippen LogP contribution in [0.4, 0.5) is 5.69 Å². The standard InChI is InChI=1S/C36H32ClN3O7/c1-19-7-10-22(11-8-19)38-40-33(45)27-18-25-23(12-13-24-30(25)34(46)39(32(24)44)16-15-29(42)43)31(26-17-21(37)9-14-28(26)41)36(27,35(40)47)20-5-3-2-4-6-20/h2-12,14,17,24-25,27,30-31,38,41H,13,15-16,18H2,1H3,(H,42,43)/t24-,25+,27-,30-,31+,36+/m0/s1. The third kappa shape index (κ3) is 4.65. The van der Waals surface area contributed by atoms with Crippen LogP contribution in [0, 0.1) is 30.6 Å². The number of nitrogens with zero attached hydrogens (tertiary/aromatic N) is 2. The molecule has 10 nitrogen and oxygen atoms in total. The van der Waals surface area contributed by atoms with E-state index >= 15 is 4.79 Å². The molecular formula is C36H32ClN3O7. The first-order valence-electron chi connectivity index (χ1n) is 15.6. The molecule has 1 saturated carbocycles. The number of carboxylic acids is 1. The van der Waals surface area contributed by atoms with Crippen LogP contribution in [-0.4, -0.2) is 56.3 Å². The minimum atomic E-state index is -1.54. The number of nitrogens with one attached hydrogen (secondary N) is 1. The fourth-order valence-electron chi connectivity index (χ4n) is 8.34. The smallest absolute Gasteiger partial charge is 0.305 e. The zero-order chi connectivity index (χ0) is 33.2. The van der Waals surface area contributed by atoms with Crippen molar-refractivity contribution >= 4 is 46.9 Å². The second-order valence-corrected chi connectivity index (χ2v) is 13.2. The maximum absolute atomic E-state index is 15.1. The van der Waals surface area contributed by atoms with E-state index in [1.54, 1.807) is 42.5 Å². The van der Waals surface area contributed by atoms with E-state index in [-0.39, 0.29) is 31.6 Å². The predicted molar refractivity (Wildman–Crippen MR) is 171 cm³/mol. The number of aliphatic carboxylic acids is 1. The van der Waals surface area contributed by atoms with Crippen LogP contribution in [0.5, 0.6) is 5.75 Å². The number of benzene rings is 3. The molecule has 47 heavy (non-hydrogen) atoms. The number of aryl methyl sites for hydroxylation is 1. The molecule has 3 N–H and O–H groups in total. The topological polar surface area (TPSA) is 144 Å². The molecule has 6 atom stereocenters. The summed E-state index contributed by atoms with van der Waals surface area (Å²) < 4.78 is 0. The number of phenols is 1. The van der Waals surface area contributed by atoms with Crippen LogP contribution in [0.15, 0.2) is 84.4 Å². The molecule has 2 aliphatic carbocycles. The highest BCUT2D eigenvalue weighted by molar-refractivity contribution is 6.30. The lowest BCUT2D eigenvalue weighted by molar-refractivity contribution is -0.143. The number of carbonyl (C=O) groups is 5. The number of hydrogen-bond acceptors (Lipinski definition) is 7. The second kappa shape index (κ2) is 11.4. The Morgan fingerprint density at radius 3 is 2.38 bits per heavy atom. The predicted octanol–water partition coefficient (Wildman–Crippen LogP) is 4.81. The Balaban J connectivity index is 1.43. The maximum atomic E-state index is 15.1.